The van der Waals surface area contributed by atoms with Crippen LogP contribution in [0, 0.1) is 12.8 Å². The molecule has 0 saturated carbocycles. The standard InChI is InChI=1S/C14H20BrN/c1-12-5-2-3-7-14(12)11-16-8-4-6-13(9-15)10-16/h2-3,5,7,13H,4,6,8-11H2,1H3. The highest BCUT2D eigenvalue weighted by Crippen LogP contribution is 2.20. The van der Waals surface area contributed by atoms with Crippen LogP contribution in [0.5, 0.6) is 0 Å². The lowest BCUT2D eigenvalue weighted by Crippen LogP contribution is -2.35. The highest BCUT2D eigenvalue weighted by atomic mass is 79.9. The normalized spacial score (nSPS) is 22.2. The second-order valence-electron chi connectivity index (χ2n) is 4.82. The van der Waals surface area contributed by atoms with Crippen LogP contribution in [-0.4, -0.2) is 23.3 Å². The molecule has 0 radical (unpaired) electrons. The molecule has 0 aromatic heterocycles. The van der Waals surface area contributed by atoms with Crippen molar-refractivity contribution in [3.8, 4) is 0 Å². The predicted octanol–water partition coefficient (Wildman–Crippen LogP) is 3.60. The van der Waals surface area contributed by atoms with Crippen molar-refractivity contribution < 1.29 is 0 Å². The van der Waals surface area contributed by atoms with E-state index in [1.54, 1.807) is 0 Å². The van der Waals surface area contributed by atoms with E-state index in [1.165, 1.54) is 37.1 Å². The molecule has 0 bridgehead atoms. The largest absolute Gasteiger partial charge is 0.299 e. The van der Waals surface area contributed by atoms with Crippen LogP contribution in [-0.2, 0) is 6.54 Å². The minimum absolute atomic E-state index is 0.845. The smallest absolute Gasteiger partial charge is 0.0236 e. The molecule has 0 N–H and O–H groups in total. The molecule has 16 heavy (non-hydrogen) atoms. The number of piperidine rings is 1. The Labute approximate surface area is 107 Å². The Hall–Kier alpha value is -0.340. The van der Waals surface area contributed by atoms with Crippen LogP contribution in [0.4, 0.5) is 0 Å². The summed E-state index contributed by atoms with van der Waals surface area (Å²) < 4.78 is 0. The second kappa shape index (κ2) is 5.83. The summed E-state index contributed by atoms with van der Waals surface area (Å²) >= 11 is 3.61. The highest BCUT2D eigenvalue weighted by molar-refractivity contribution is 9.09. The lowest BCUT2D eigenvalue weighted by Gasteiger charge is -2.32. The molecular weight excluding hydrogens is 262 g/mol. The molecule has 1 nitrogen and oxygen atoms in total. The van der Waals surface area contributed by atoms with Gasteiger partial charge in [-0.25, -0.2) is 0 Å². The van der Waals surface area contributed by atoms with Gasteiger partial charge in [-0.05, 0) is 43.4 Å². The third-order valence-electron chi connectivity index (χ3n) is 3.48. The maximum absolute atomic E-state index is 3.61. The minimum Gasteiger partial charge on any atom is -0.299 e. The summed E-state index contributed by atoms with van der Waals surface area (Å²) in [4.78, 5) is 2.60. The Kier molecular flexibility index (Phi) is 4.42. The molecule has 88 valence electrons. The summed E-state index contributed by atoms with van der Waals surface area (Å²) in [7, 11) is 0. The number of benzene rings is 1. The molecule has 0 aliphatic carbocycles. The SMILES string of the molecule is Cc1ccccc1CN1CCCC(CBr)C1. The Morgan fingerprint density at radius 3 is 2.94 bits per heavy atom. The number of hydrogen-bond donors (Lipinski definition) is 0. The van der Waals surface area contributed by atoms with Crippen molar-refractivity contribution in [2.45, 2.75) is 26.3 Å². The van der Waals surface area contributed by atoms with Crippen LogP contribution >= 0.6 is 15.9 Å². The van der Waals surface area contributed by atoms with Crippen LogP contribution in [0.3, 0.4) is 0 Å². The molecule has 1 atom stereocenters. The van der Waals surface area contributed by atoms with Gasteiger partial charge in [0.2, 0.25) is 0 Å². The number of aryl methyl sites for hydroxylation is 1. The first-order valence-corrected chi connectivity index (χ1v) is 7.24. The highest BCUT2D eigenvalue weighted by Gasteiger charge is 2.19. The molecule has 1 aromatic carbocycles. The first-order valence-electron chi connectivity index (χ1n) is 6.12. The number of nitrogens with zero attached hydrogens (tertiary/aromatic N) is 1. The number of halogens is 1. The average Bonchev–Trinajstić information content (AvgIpc) is 2.32. The zero-order valence-electron chi connectivity index (χ0n) is 9.95. The fourth-order valence-electron chi connectivity index (χ4n) is 2.45. The Balaban J connectivity index is 1.97. The Bertz CT molecular complexity index is 337. The van der Waals surface area contributed by atoms with Gasteiger partial charge in [0.25, 0.3) is 0 Å². The van der Waals surface area contributed by atoms with Crippen molar-refractivity contribution in [3.63, 3.8) is 0 Å². The third kappa shape index (κ3) is 3.08. The quantitative estimate of drug-likeness (QED) is 0.766. The number of hydrogen-bond acceptors (Lipinski definition) is 1. The third-order valence-corrected chi connectivity index (χ3v) is 4.39. The van der Waals surface area contributed by atoms with Gasteiger partial charge in [-0.15, -0.1) is 0 Å². The van der Waals surface area contributed by atoms with E-state index in [2.05, 4.69) is 52.0 Å². The van der Waals surface area contributed by atoms with Gasteiger partial charge in [-0.2, -0.15) is 0 Å². The molecule has 0 amide bonds. The van der Waals surface area contributed by atoms with Crippen molar-refractivity contribution in [2.75, 3.05) is 18.4 Å². The van der Waals surface area contributed by atoms with E-state index in [0.29, 0.717) is 0 Å². The average molecular weight is 282 g/mol. The van der Waals surface area contributed by atoms with E-state index < -0.39 is 0 Å². The van der Waals surface area contributed by atoms with Crippen LogP contribution in [0.15, 0.2) is 24.3 Å². The van der Waals surface area contributed by atoms with E-state index in [-0.39, 0.29) is 0 Å². The summed E-state index contributed by atoms with van der Waals surface area (Å²) in [6, 6.07) is 8.74. The molecule has 2 rings (SSSR count). The summed E-state index contributed by atoms with van der Waals surface area (Å²) in [5.41, 5.74) is 2.90. The number of likely N-dealkylation sites (tertiary alicyclic amines) is 1. The van der Waals surface area contributed by atoms with Gasteiger partial charge in [0.1, 0.15) is 0 Å². The van der Waals surface area contributed by atoms with Gasteiger partial charge < -0.3 is 0 Å². The summed E-state index contributed by atoms with van der Waals surface area (Å²) in [6.07, 6.45) is 2.73. The predicted molar refractivity (Wildman–Crippen MR) is 73.0 cm³/mol. The Morgan fingerprint density at radius 2 is 2.19 bits per heavy atom. The zero-order valence-corrected chi connectivity index (χ0v) is 11.5. The molecular formula is C14H20BrN. The second-order valence-corrected chi connectivity index (χ2v) is 5.47. The van der Waals surface area contributed by atoms with Gasteiger partial charge in [0, 0.05) is 18.4 Å². The van der Waals surface area contributed by atoms with Gasteiger partial charge >= 0.3 is 0 Å². The first-order chi connectivity index (χ1) is 7.79. The molecule has 1 aliphatic rings. The van der Waals surface area contributed by atoms with Crippen LogP contribution in [0.2, 0.25) is 0 Å². The van der Waals surface area contributed by atoms with Crippen molar-refractivity contribution in [2.24, 2.45) is 5.92 Å². The maximum atomic E-state index is 3.61. The van der Waals surface area contributed by atoms with E-state index in [4.69, 9.17) is 0 Å². The first kappa shape index (κ1) is 12.1. The lowest BCUT2D eigenvalue weighted by atomic mass is 9.99. The Morgan fingerprint density at radius 1 is 1.38 bits per heavy atom. The van der Waals surface area contributed by atoms with Gasteiger partial charge in [0.15, 0.2) is 0 Å². The van der Waals surface area contributed by atoms with Gasteiger partial charge in [0.05, 0.1) is 0 Å². The van der Waals surface area contributed by atoms with Crippen molar-refractivity contribution >= 4 is 15.9 Å². The zero-order chi connectivity index (χ0) is 11.4. The molecule has 1 saturated heterocycles. The van der Waals surface area contributed by atoms with Crippen molar-refractivity contribution in [1.29, 1.82) is 0 Å². The molecule has 0 spiro atoms. The van der Waals surface area contributed by atoms with Gasteiger partial charge in [-0.3, -0.25) is 4.90 Å². The summed E-state index contributed by atoms with van der Waals surface area (Å²) in [6.45, 7) is 5.84. The van der Waals surface area contributed by atoms with E-state index in [0.717, 1.165) is 17.8 Å². The van der Waals surface area contributed by atoms with Crippen LogP contribution < -0.4 is 0 Å². The van der Waals surface area contributed by atoms with E-state index in [9.17, 15) is 0 Å². The van der Waals surface area contributed by atoms with E-state index in [1.807, 2.05) is 0 Å². The minimum atomic E-state index is 0.845. The van der Waals surface area contributed by atoms with Crippen molar-refractivity contribution in [1.82, 2.24) is 4.90 Å². The van der Waals surface area contributed by atoms with Gasteiger partial charge in [-0.1, -0.05) is 40.2 Å². The summed E-state index contributed by atoms with van der Waals surface area (Å²) in [5, 5.41) is 1.15. The summed E-state index contributed by atoms with van der Waals surface area (Å²) in [5.74, 6) is 0.845. The molecule has 1 aliphatic heterocycles. The fraction of sp³-hybridized carbons (Fsp3) is 0.571. The maximum Gasteiger partial charge on any atom is 0.0236 e. The van der Waals surface area contributed by atoms with Crippen LogP contribution in [0.1, 0.15) is 24.0 Å². The number of rotatable bonds is 3. The van der Waals surface area contributed by atoms with Crippen molar-refractivity contribution in [3.05, 3.63) is 35.4 Å². The monoisotopic (exact) mass is 281 g/mol. The lowest BCUT2D eigenvalue weighted by molar-refractivity contribution is 0.179. The number of alkyl halides is 1. The molecule has 1 fully saturated rings. The van der Waals surface area contributed by atoms with Crippen LogP contribution in [0.25, 0.3) is 0 Å². The topological polar surface area (TPSA) is 3.24 Å². The van der Waals surface area contributed by atoms with E-state index >= 15 is 0 Å². The fourth-order valence-corrected chi connectivity index (χ4v) is 2.98. The molecule has 1 aromatic rings. The molecule has 1 unspecified atom stereocenters. The molecule has 1 heterocycles. The molecule has 2 heteroatoms.